The Labute approximate surface area is 148 Å². The molecule has 3 heterocycles. The lowest BCUT2D eigenvalue weighted by Gasteiger charge is -2.29. The quantitative estimate of drug-likeness (QED) is 0.803. The van der Waals surface area contributed by atoms with Gasteiger partial charge in [-0.1, -0.05) is 6.07 Å². The number of aryl methyl sites for hydroxylation is 1. The van der Waals surface area contributed by atoms with E-state index >= 15 is 0 Å². The van der Waals surface area contributed by atoms with Gasteiger partial charge in [-0.15, -0.1) is 10.2 Å². The molecule has 4 rings (SSSR count). The maximum absolute atomic E-state index is 12.7. The largest absolute Gasteiger partial charge is 0.483 e. The van der Waals surface area contributed by atoms with E-state index in [0.717, 1.165) is 0 Å². The molecule has 1 N–H and O–H groups in total. The topological polar surface area (TPSA) is 115 Å². The van der Waals surface area contributed by atoms with Crippen molar-refractivity contribution < 1.29 is 23.5 Å². The van der Waals surface area contributed by atoms with Gasteiger partial charge in [0, 0.05) is 24.5 Å². The first-order chi connectivity index (χ1) is 12.5. The fourth-order valence-corrected chi connectivity index (χ4v) is 3.23. The smallest absolute Gasteiger partial charge is 0.255 e. The van der Waals surface area contributed by atoms with Crippen molar-refractivity contribution in [1.29, 1.82) is 0 Å². The monoisotopic (exact) mass is 356 g/mol. The summed E-state index contributed by atoms with van der Waals surface area (Å²) < 4.78 is 11.0. The Morgan fingerprint density at radius 3 is 2.88 bits per heavy atom. The molecule has 2 aromatic rings. The van der Waals surface area contributed by atoms with E-state index < -0.39 is 11.9 Å². The molecule has 3 amide bonds. The second kappa shape index (κ2) is 6.25. The van der Waals surface area contributed by atoms with Gasteiger partial charge in [0.25, 0.3) is 11.8 Å². The number of hydrogen-bond donors (Lipinski definition) is 1. The Kier molecular flexibility index (Phi) is 3.90. The number of carbonyl (C=O) groups is 3. The standard InChI is InChI=1S/C17H16N4O5/c1-9-19-20-15(26-9)8-25-13-4-2-3-10-11(13)7-21(17(10)24)12-5-6-14(22)18-16(12)23/h2-4,12H,5-8H2,1H3,(H,18,22,23). The van der Waals surface area contributed by atoms with Crippen molar-refractivity contribution in [3.05, 3.63) is 41.1 Å². The Morgan fingerprint density at radius 2 is 2.15 bits per heavy atom. The van der Waals surface area contributed by atoms with Crippen molar-refractivity contribution in [1.82, 2.24) is 20.4 Å². The first-order valence-corrected chi connectivity index (χ1v) is 8.21. The fourth-order valence-electron chi connectivity index (χ4n) is 3.23. The van der Waals surface area contributed by atoms with Gasteiger partial charge in [0.15, 0.2) is 6.61 Å². The van der Waals surface area contributed by atoms with Crippen LogP contribution < -0.4 is 10.1 Å². The van der Waals surface area contributed by atoms with Crippen molar-refractivity contribution in [2.75, 3.05) is 0 Å². The van der Waals surface area contributed by atoms with Gasteiger partial charge in [-0.05, 0) is 18.6 Å². The van der Waals surface area contributed by atoms with Crippen LogP contribution >= 0.6 is 0 Å². The molecule has 0 spiro atoms. The minimum Gasteiger partial charge on any atom is -0.483 e. The zero-order valence-corrected chi connectivity index (χ0v) is 14.0. The van der Waals surface area contributed by atoms with Crippen molar-refractivity contribution in [2.45, 2.75) is 39.0 Å². The zero-order valence-electron chi connectivity index (χ0n) is 14.0. The number of piperidine rings is 1. The molecule has 2 aliphatic heterocycles. The summed E-state index contributed by atoms with van der Waals surface area (Å²) in [6.07, 6.45) is 0.540. The highest BCUT2D eigenvalue weighted by Crippen LogP contribution is 2.33. The molecular weight excluding hydrogens is 340 g/mol. The maximum atomic E-state index is 12.7. The van der Waals surface area contributed by atoms with Gasteiger partial charge in [0.05, 0.1) is 6.54 Å². The third-order valence-corrected chi connectivity index (χ3v) is 4.46. The highest BCUT2D eigenvalue weighted by molar-refractivity contribution is 6.05. The van der Waals surface area contributed by atoms with Gasteiger partial charge in [0.2, 0.25) is 17.7 Å². The van der Waals surface area contributed by atoms with E-state index in [4.69, 9.17) is 9.15 Å². The Morgan fingerprint density at radius 1 is 1.31 bits per heavy atom. The van der Waals surface area contributed by atoms with Crippen LogP contribution in [-0.2, 0) is 22.7 Å². The van der Waals surface area contributed by atoms with Crippen LogP contribution in [0.2, 0.25) is 0 Å². The average molecular weight is 356 g/mol. The molecule has 2 aliphatic rings. The molecule has 0 radical (unpaired) electrons. The molecule has 0 aliphatic carbocycles. The molecule has 1 aromatic heterocycles. The lowest BCUT2D eigenvalue weighted by Crippen LogP contribution is -2.52. The second-order valence-corrected chi connectivity index (χ2v) is 6.19. The summed E-state index contributed by atoms with van der Waals surface area (Å²) in [5.41, 5.74) is 1.20. The highest BCUT2D eigenvalue weighted by atomic mass is 16.5. The summed E-state index contributed by atoms with van der Waals surface area (Å²) in [6.45, 7) is 2.02. The Hall–Kier alpha value is -3.23. The van der Waals surface area contributed by atoms with Crippen LogP contribution in [-0.4, -0.2) is 38.9 Å². The number of amides is 3. The summed E-state index contributed by atoms with van der Waals surface area (Å²) in [5.74, 6) is 0.322. The van der Waals surface area contributed by atoms with Crippen LogP contribution in [0.3, 0.4) is 0 Å². The van der Waals surface area contributed by atoms with E-state index in [2.05, 4.69) is 15.5 Å². The number of ether oxygens (including phenoxy) is 1. The normalized spacial score (nSPS) is 19.5. The van der Waals surface area contributed by atoms with Gasteiger partial charge < -0.3 is 14.1 Å². The summed E-state index contributed by atoms with van der Waals surface area (Å²) in [5, 5.41) is 9.90. The molecule has 1 atom stereocenters. The predicted octanol–water partition coefficient (Wildman–Crippen LogP) is 0.718. The van der Waals surface area contributed by atoms with Crippen LogP contribution in [0.1, 0.15) is 40.5 Å². The summed E-state index contributed by atoms with van der Waals surface area (Å²) in [4.78, 5) is 37.6. The number of aromatic nitrogens is 2. The molecule has 9 heteroatoms. The maximum Gasteiger partial charge on any atom is 0.255 e. The fraction of sp³-hybridized carbons (Fsp3) is 0.353. The summed E-state index contributed by atoms with van der Waals surface area (Å²) in [6, 6.07) is 4.52. The Bertz CT molecular complexity index is 906. The first-order valence-electron chi connectivity index (χ1n) is 8.21. The van der Waals surface area contributed by atoms with E-state index in [1.165, 1.54) is 4.90 Å². The van der Waals surface area contributed by atoms with Gasteiger partial charge in [0.1, 0.15) is 11.8 Å². The number of imide groups is 1. The minimum atomic E-state index is -0.654. The summed E-state index contributed by atoms with van der Waals surface area (Å²) in [7, 11) is 0. The summed E-state index contributed by atoms with van der Waals surface area (Å²) >= 11 is 0. The molecule has 1 fully saturated rings. The van der Waals surface area contributed by atoms with Crippen LogP contribution in [0.25, 0.3) is 0 Å². The van der Waals surface area contributed by atoms with Gasteiger partial charge in [-0.25, -0.2) is 0 Å². The van der Waals surface area contributed by atoms with Gasteiger partial charge >= 0.3 is 0 Å². The van der Waals surface area contributed by atoms with Crippen molar-refractivity contribution in [2.24, 2.45) is 0 Å². The van der Waals surface area contributed by atoms with E-state index in [9.17, 15) is 14.4 Å². The van der Waals surface area contributed by atoms with E-state index in [-0.39, 0.29) is 31.4 Å². The molecule has 26 heavy (non-hydrogen) atoms. The lowest BCUT2D eigenvalue weighted by molar-refractivity contribution is -0.136. The van der Waals surface area contributed by atoms with Crippen LogP contribution in [0, 0.1) is 6.92 Å². The van der Waals surface area contributed by atoms with E-state index in [1.807, 2.05) is 0 Å². The van der Waals surface area contributed by atoms with Gasteiger partial charge in [-0.2, -0.15) is 0 Å². The minimum absolute atomic E-state index is 0.0872. The van der Waals surface area contributed by atoms with E-state index in [1.54, 1.807) is 25.1 Å². The van der Waals surface area contributed by atoms with Crippen LogP contribution in [0.4, 0.5) is 0 Å². The first kappa shape index (κ1) is 16.2. The van der Waals surface area contributed by atoms with Crippen molar-refractivity contribution in [3.8, 4) is 5.75 Å². The molecule has 1 aromatic carbocycles. The number of hydrogen-bond acceptors (Lipinski definition) is 7. The number of rotatable bonds is 4. The van der Waals surface area contributed by atoms with Crippen molar-refractivity contribution in [3.63, 3.8) is 0 Å². The van der Waals surface area contributed by atoms with E-state index in [0.29, 0.717) is 35.1 Å². The molecule has 134 valence electrons. The predicted molar refractivity (Wildman–Crippen MR) is 85.9 cm³/mol. The van der Waals surface area contributed by atoms with Gasteiger partial charge in [-0.3, -0.25) is 19.7 Å². The number of nitrogens with zero attached hydrogens (tertiary/aromatic N) is 3. The number of benzene rings is 1. The van der Waals surface area contributed by atoms with Crippen LogP contribution in [0.15, 0.2) is 22.6 Å². The number of nitrogens with one attached hydrogen (secondary N) is 1. The number of fused-ring (bicyclic) bond motifs is 1. The molecular formula is C17H16N4O5. The average Bonchev–Trinajstić information content (AvgIpc) is 3.17. The van der Waals surface area contributed by atoms with Crippen LogP contribution in [0.5, 0.6) is 5.75 Å². The number of carbonyl (C=O) groups excluding carboxylic acids is 3. The third kappa shape index (κ3) is 2.81. The molecule has 1 saturated heterocycles. The molecule has 0 saturated carbocycles. The molecule has 1 unspecified atom stereocenters. The zero-order chi connectivity index (χ0) is 18.3. The van der Waals surface area contributed by atoms with Crippen molar-refractivity contribution >= 4 is 17.7 Å². The third-order valence-electron chi connectivity index (χ3n) is 4.46. The lowest BCUT2D eigenvalue weighted by atomic mass is 10.0. The molecule has 9 nitrogen and oxygen atoms in total. The second-order valence-electron chi connectivity index (χ2n) is 6.19. The Balaban J connectivity index is 1.54. The molecule has 0 bridgehead atoms. The highest BCUT2D eigenvalue weighted by Gasteiger charge is 2.40. The SMILES string of the molecule is Cc1nnc(COc2cccc3c2CN(C2CCC(=O)NC2=O)C3=O)o1.